The average Bonchev–Trinajstić information content (AvgIpc) is 2.93. The predicted octanol–water partition coefficient (Wildman–Crippen LogP) is 10.6. The van der Waals surface area contributed by atoms with Gasteiger partial charge in [0.15, 0.2) is 11.6 Å². The number of rotatable bonds is 10. The third-order valence-electron chi connectivity index (χ3n) is 9.28. The number of hydrogen-bond acceptors (Lipinski definition) is 2. The zero-order valence-electron chi connectivity index (χ0n) is 23.4. The van der Waals surface area contributed by atoms with Crippen LogP contribution in [0.3, 0.4) is 0 Å². The van der Waals surface area contributed by atoms with E-state index >= 15 is 8.78 Å². The van der Waals surface area contributed by atoms with E-state index in [1.165, 1.54) is 32.1 Å². The maximum atomic E-state index is 15.1. The van der Waals surface area contributed by atoms with E-state index < -0.39 is 41.9 Å². The number of halogens is 7. The van der Waals surface area contributed by atoms with Crippen LogP contribution in [0.1, 0.15) is 101 Å². The number of allylic oxidation sites excluding steroid dienone is 3. The van der Waals surface area contributed by atoms with Crippen molar-refractivity contribution in [1.29, 1.82) is 0 Å². The van der Waals surface area contributed by atoms with Gasteiger partial charge < -0.3 is 9.47 Å². The van der Waals surface area contributed by atoms with Crippen molar-refractivity contribution in [1.82, 2.24) is 0 Å². The first-order valence-electron chi connectivity index (χ1n) is 15.0. The summed E-state index contributed by atoms with van der Waals surface area (Å²) < 4.78 is 104. The van der Waals surface area contributed by atoms with E-state index in [4.69, 9.17) is 4.74 Å². The van der Waals surface area contributed by atoms with Crippen molar-refractivity contribution in [3.8, 4) is 5.75 Å². The Morgan fingerprint density at radius 3 is 1.80 bits per heavy atom. The Hall–Kier alpha value is -2.03. The van der Waals surface area contributed by atoms with Crippen LogP contribution in [-0.2, 0) is 4.74 Å². The van der Waals surface area contributed by atoms with Gasteiger partial charge in [0.1, 0.15) is 0 Å². The Morgan fingerprint density at radius 1 is 0.756 bits per heavy atom. The lowest BCUT2D eigenvalue weighted by atomic mass is 9.78. The number of alkyl halides is 5. The molecule has 0 N–H and O–H groups in total. The molecule has 0 bridgehead atoms. The van der Waals surface area contributed by atoms with Crippen molar-refractivity contribution in [2.45, 2.75) is 114 Å². The molecular formula is C32H41F7O2. The van der Waals surface area contributed by atoms with Crippen molar-refractivity contribution >= 4 is 0 Å². The summed E-state index contributed by atoms with van der Waals surface area (Å²) in [7, 11) is 0. The van der Waals surface area contributed by atoms with Crippen LogP contribution < -0.4 is 4.74 Å². The Morgan fingerprint density at radius 2 is 1.29 bits per heavy atom. The first kappa shape index (κ1) is 31.9. The van der Waals surface area contributed by atoms with Crippen LogP contribution in [0, 0.1) is 35.3 Å². The Labute approximate surface area is 238 Å². The Balaban J connectivity index is 1.20. The first-order valence-corrected chi connectivity index (χ1v) is 15.0. The minimum Gasteiger partial charge on any atom is -0.399 e. The Kier molecular flexibility index (Phi) is 10.9. The maximum Gasteiger partial charge on any atom is 0.573 e. The second-order valence-electron chi connectivity index (χ2n) is 12.2. The lowest BCUT2D eigenvalue weighted by molar-refractivity contribution is -0.301. The topological polar surface area (TPSA) is 18.5 Å². The molecule has 9 heteroatoms. The monoisotopic (exact) mass is 590 g/mol. The van der Waals surface area contributed by atoms with Gasteiger partial charge in [-0.15, -0.1) is 19.8 Å². The average molecular weight is 591 g/mol. The lowest BCUT2D eigenvalue weighted by Gasteiger charge is -2.36. The van der Waals surface area contributed by atoms with Crippen molar-refractivity contribution in [2.24, 2.45) is 23.7 Å². The molecule has 0 unspecified atom stereocenters. The molecule has 0 aromatic heterocycles. The van der Waals surface area contributed by atoms with Gasteiger partial charge in [-0.25, -0.2) is 8.78 Å². The molecule has 0 saturated heterocycles. The predicted molar refractivity (Wildman–Crippen MR) is 144 cm³/mol. The molecule has 1 aromatic rings. The number of ether oxygens (including phenoxy) is 2. The third-order valence-corrected chi connectivity index (χ3v) is 9.28. The molecule has 41 heavy (non-hydrogen) atoms. The lowest BCUT2D eigenvalue weighted by Crippen LogP contribution is -2.38. The van der Waals surface area contributed by atoms with Gasteiger partial charge in [0, 0.05) is 0 Å². The molecular weight excluding hydrogens is 549 g/mol. The highest BCUT2D eigenvalue weighted by Crippen LogP contribution is 2.44. The van der Waals surface area contributed by atoms with Crippen molar-refractivity contribution in [3.05, 3.63) is 54.1 Å². The normalized spacial score (nSPS) is 29.9. The molecule has 2 nitrogen and oxygen atoms in total. The molecule has 0 heterocycles. The van der Waals surface area contributed by atoms with Crippen LogP contribution in [0.2, 0.25) is 0 Å². The van der Waals surface area contributed by atoms with E-state index in [0.717, 1.165) is 24.5 Å². The van der Waals surface area contributed by atoms with Gasteiger partial charge in [-0.3, -0.25) is 0 Å². The fraction of sp³-hybridized carbons (Fsp3) is 0.688. The van der Waals surface area contributed by atoms with E-state index in [2.05, 4.69) is 23.5 Å². The third kappa shape index (κ3) is 9.23. The Bertz CT molecular complexity index is 990. The summed E-state index contributed by atoms with van der Waals surface area (Å²) in [6, 6.07) is 1.65. The van der Waals surface area contributed by atoms with Crippen molar-refractivity contribution in [2.75, 3.05) is 0 Å². The summed E-state index contributed by atoms with van der Waals surface area (Å²) in [5, 5.41) is 0. The van der Waals surface area contributed by atoms with Gasteiger partial charge in [-0.1, -0.05) is 18.2 Å². The highest BCUT2D eigenvalue weighted by Gasteiger charge is 2.45. The van der Waals surface area contributed by atoms with Crippen LogP contribution in [0.25, 0.3) is 0 Å². The number of benzene rings is 1. The van der Waals surface area contributed by atoms with Gasteiger partial charge in [-0.05, 0) is 131 Å². The summed E-state index contributed by atoms with van der Waals surface area (Å²) in [5.74, 6) is -3.88. The molecule has 230 valence electrons. The van der Waals surface area contributed by atoms with Gasteiger partial charge in [0.25, 0.3) is 0 Å². The molecule has 4 rings (SSSR count). The molecule has 0 radical (unpaired) electrons. The van der Waals surface area contributed by atoms with Crippen LogP contribution in [0.15, 0.2) is 36.9 Å². The fourth-order valence-corrected chi connectivity index (χ4v) is 6.85. The van der Waals surface area contributed by atoms with Gasteiger partial charge in [-0.2, -0.15) is 8.78 Å². The van der Waals surface area contributed by atoms with E-state index in [0.29, 0.717) is 50.4 Å². The minimum atomic E-state index is -5.22. The SMILES string of the molecule is C=CCCC1CCC(/C=C/C2CCC(C(F)(F)OC3CCC(c4cc(F)c(OC(F)(F)F)c(F)c4)CC3)CC2)CC1. The van der Waals surface area contributed by atoms with Crippen LogP contribution in [0.5, 0.6) is 5.75 Å². The van der Waals surface area contributed by atoms with E-state index in [9.17, 15) is 22.0 Å². The quantitative estimate of drug-likeness (QED) is 0.199. The summed E-state index contributed by atoms with van der Waals surface area (Å²) in [4.78, 5) is 0. The van der Waals surface area contributed by atoms with Gasteiger partial charge in [0.05, 0.1) is 12.0 Å². The number of hydrogen-bond donors (Lipinski definition) is 0. The highest BCUT2D eigenvalue weighted by molar-refractivity contribution is 5.33. The fourth-order valence-electron chi connectivity index (χ4n) is 6.85. The van der Waals surface area contributed by atoms with Crippen LogP contribution in [0.4, 0.5) is 30.7 Å². The second-order valence-corrected chi connectivity index (χ2v) is 12.2. The molecule has 3 aliphatic rings. The van der Waals surface area contributed by atoms with Crippen LogP contribution >= 0.6 is 0 Å². The van der Waals surface area contributed by atoms with Crippen molar-refractivity contribution in [3.63, 3.8) is 0 Å². The molecule has 0 amide bonds. The second kappa shape index (κ2) is 14.0. The van der Waals surface area contributed by atoms with Gasteiger partial charge in [0.2, 0.25) is 5.75 Å². The summed E-state index contributed by atoms with van der Waals surface area (Å²) in [6.07, 6.45) is 8.06. The zero-order valence-corrected chi connectivity index (χ0v) is 23.4. The van der Waals surface area contributed by atoms with E-state index in [-0.39, 0.29) is 24.3 Å². The van der Waals surface area contributed by atoms with Gasteiger partial charge >= 0.3 is 12.5 Å². The zero-order chi connectivity index (χ0) is 29.6. The largest absolute Gasteiger partial charge is 0.573 e. The molecule has 0 aliphatic heterocycles. The molecule has 3 saturated carbocycles. The molecule has 1 aromatic carbocycles. The summed E-state index contributed by atoms with van der Waals surface area (Å²) >= 11 is 0. The standard InChI is InChI=1S/C32H41F7O2/c1-2-3-4-21-5-7-22(8-6-21)9-10-23-11-15-26(16-12-23)31(35,36)40-27-17-13-24(14-18-27)25-19-28(33)30(29(34)20-25)41-32(37,38)39/h2,9-10,19-24,26-27H,1,3-8,11-18H2/b10-9+. The maximum absolute atomic E-state index is 15.1. The molecule has 0 spiro atoms. The van der Waals surface area contributed by atoms with E-state index in [1.807, 2.05) is 6.08 Å². The van der Waals surface area contributed by atoms with Crippen LogP contribution in [-0.4, -0.2) is 18.6 Å². The molecule has 3 fully saturated rings. The van der Waals surface area contributed by atoms with Crippen molar-refractivity contribution < 1.29 is 40.2 Å². The smallest absolute Gasteiger partial charge is 0.399 e. The van der Waals surface area contributed by atoms with E-state index in [1.54, 1.807) is 0 Å². The highest BCUT2D eigenvalue weighted by atomic mass is 19.4. The molecule has 3 aliphatic carbocycles. The summed E-state index contributed by atoms with van der Waals surface area (Å²) in [5.41, 5.74) is 0.187. The summed E-state index contributed by atoms with van der Waals surface area (Å²) in [6.45, 7) is 3.80. The molecule has 0 atom stereocenters. The first-order chi connectivity index (χ1) is 19.4. The minimum absolute atomic E-state index is 0.187.